The van der Waals surface area contributed by atoms with Gasteiger partial charge in [0.25, 0.3) is 0 Å². The van der Waals surface area contributed by atoms with E-state index in [9.17, 15) is 8.42 Å². The molecule has 0 atom stereocenters. The van der Waals surface area contributed by atoms with Gasteiger partial charge in [0.15, 0.2) is 0 Å². The van der Waals surface area contributed by atoms with Crippen molar-refractivity contribution in [2.45, 2.75) is 4.90 Å². The molecule has 5 nitrogen and oxygen atoms in total. The van der Waals surface area contributed by atoms with Crippen molar-refractivity contribution < 1.29 is 8.42 Å². The monoisotopic (exact) mass is 275 g/mol. The molecular formula is C13H13N3O2S. The van der Waals surface area contributed by atoms with Gasteiger partial charge >= 0.3 is 0 Å². The van der Waals surface area contributed by atoms with E-state index in [0.717, 1.165) is 11.3 Å². The Morgan fingerprint density at radius 3 is 2.26 bits per heavy atom. The van der Waals surface area contributed by atoms with Crippen LogP contribution in [0.4, 0.5) is 0 Å². The first-order valence-corrected chi connectivity index (χ1v) is 7.07. The Balaban J connectivity index is 2.44. The van der Waals surface area contributed by atoms with Gasteiger partial charge in [0.1, 0.15) is 11.8 Å². The van der Waals surface area contributed by atoms with Crippen molar-refractivity contribution in [3.63, 3.8) is 0 Å². The van der Waals surface area contributed by atoms with Gasteiger partial charge in [-0.15, -0.1) is 0 Å². The smallest absolute Gasteiger partial charge is 0.240 e. The second kappa shape index (κ2) is 4.88. The molecule has 1 aromatic heterocycles. The van der Waals surface area contributed by atoms with Crippen LogP contribution < -0.4 is 4.72 Å². The van der Waals surface area contributed by atoms with Crippen LogP contribution in [0.15, 0.2) is 41.3 Å². The molecule has 0 aliphatic carbocycles. The molecule has 0 aliphatic heterocycles. The van der Waals surface area contributed by atoms with E-state index in [4.69, 9.17) is 5.26 Å². The molecule has 19 heavy (non-hydrogen) atoms. The maximum Gasteiger partial charge on any atom is 0.240 e. The Kier molecular flexibility index (Phi) is 3.42. The fourth-order valence-corrected chi connectivity index (χ4v) is 2.57. The number of hydrogen-bond acceptors (Lipinski definition) is 3. The molecule has 0 saturated carbocycles. The summed E-state index contributed by atoms with van der Waals surface area (Å²) in [6.07, 6.45) is 0. The largest absolute Gasteiger partial charge is 0.335 e. The Morgan fingerprint density at radius 2 is 1.79 bits per heavy atom. The number of benzene rings is 1. The highest BCUT2D eigenvalue weighted by atomic mass is 32.2. The van der Waals surface area contributed by atoms with Gasteiger partial charge in [0.05, 0.1) is 4.90 Å². The molecule has 0 aliphatic rings. The Bertz CT molecular complexity index is 737. The molecule has 98 valence electrons. The van der Waals surface area contributed by atoms with E-state index in [1.807, 2.05) is 6.07 Å². The van der Waals surface area contributed by atoms with Crippen LogP contribution in [0.2, 0.25) is 0 Å². The third kappa shape index (κ3) is 2.38. The zero-order chi connectivity index (χ0) is 14.0. The van der Waals surface area contributed by atoms with E-state index in [1.165, 1.54) is 7.05 Å². The molecular weight excluding hydrogens is 262 g/mol. The summed E-state index contributed by atoms with van der Waals surface area (Å²) in [7, 11) is -0.243. The number of aromatic nitrogens is 1. The minimum Gasteiger partial charge on any atom is -0.335 e. The van der Waals surface area contributed by atoms with Gasteiger partial charge in [0, 0.05) is 12.7 Å². The van der Waals surface area contributed by atoms with E-state index in [1.54, 1.807) is 41.9 Å². The first-order valence-electron chi connectivity index (χ1n) is 5.59. The van der Waals surface area contributed by atoms with Gasteiger partial charge in [-0.05, 0) is 36.9 Å². The zero-order valence-electron chi connectivity index (χ0n) is 10.6. The van der Waals surface area contributed by atoms with E-state index >= 15 is 0 Å². The van der Waals surface area contributed by atoms with Crippen molar-refractivity contribution in [3.05, 3.63) is 42.1 Å². The molecule has 0 bridgehead atoms. The van der Waals surface area contributed by atoms with Crippen LogP contribution in [-0.4, -0.2) is 20.0 Å². The summed E-state index contributed by atoms with van der Waals surface area (Å²) in [5.74, 6) is 0. The van der Waals surface area contributed by atoms with Gasteiger partial charge in [-0.1, -0.05) is 12.1 Å². The maximum atomic E-state index is 11.6. The second-order valence-electron chi connectivity index (χ2n) is 4.01. The van der Waals surface area contributed by atoms with Crippen LogP contribution in [0.25, 0.3) is 11.3 Å². The van der Waals surface area contributed by atoms with E-state index in [-0.39, 0.29) is 4.90 Å². The standard InChI is InChI=1S/C13H13N3O2S/c1-15-19(17,18)12-6-3-10(4-7-12)13-8-5-11(9-14)16(13)2/h3-8,15H,1-2H3. The molecule has 0 radical (unpaired) electrons. The van der Waals surface area contributed by atoms with Crippen molar-refractivity contribution in [2.24, 2.45) is 7.05 Å². The van der Waals surface area contributed by atoms with Crippen LogP contribution >= 0.6 is 0 Å². The minimum atomic E-state index is -3.42. The summed E-state index contributed by atoms with van der Waals surface area (Å²) < 4.78 is 27.2. The molecule has 1 heterocycles. The molecule has 0 fully saturated rings. The lowest BCUT2D eigenvalue weighted by atomic mass is 10.1. The molecule has 0 unspecified atom stereocenters. The number of nitrogens with one attached hydrogen (secondary N) is 1. The van der Waals surface area contributed by atoms with Gasteiger partial charge in [-0.2, -0.15) is 5.26 Å². The van der Waals surface area contributed by atoms with Crippen LogP contribution in [-0.2, 0) is 17.1 Å². The highest BCUT2D eigenvalue weighted by molar-refractivity contribution is 7.89. The number of nitriles is 1. The quantitative estimate of drug-likeness (QED) is 0.921. The number of nitrogens with zero attached hydrogens (tertiary/aromatic N) is 2. The van der Waals surface area contributed by atoms with Gasteiger partial charge in [-0.25, -0.2) is 13.1 Å². The maximum absolute atomic E-state index is 11.6. The van der Waals surface area contributed by atoms with Crippen LogP contribution in [0.1, 0.15) is 5.69 Å². The third-order valence-corrected chi connectivity index (χ3v) is 4.40. The molecule has 1 N–H and O–H groups in total. The van der Waals surface area contributed by atoms with Gasteiger partial charge < -0.3 is 4.57 Å². The van der Waals surface area contributed by atoms with E-state index in [0.29, 0.717) is 5.69 Å². The third-order valence-electron chi connectivity index (χ3n) is 2.97. The lowest BCUT2D eigenvalue weighted by Crippen LogP contribution is -2.18. The molecule has 0 saturated heterocycles. The van der Waals surface area contributed by atoms with Crippen molar-refractivity contribution in [3.8, 4) is 17.3 Å². The fraction of sp³-hybridized carbons (Fsp3) is 0.154. The summed E-state index contributed by atoms with van der Waals surface area (Å²) in [5, 5.41) is 8.90. The molecule has 2 aromatic rings. The highest BCUT2D eigenvalue weighted by Crippen LogP contribution is 2.22. The Hall–Kier alpha value is -2.10. The highest BCUT2D eigenvalue weighted by Gasteiger charge is 2.12. The fourth-order valence-electron chi connectivity index (χ4n) is 1.84. The molecule has 0 amide bonds. The van der Waals surface area contributed by atoms with Crippen LogP contribution in [0, 0.1) is 11.3 Å². The lowest BCUT2D eigenvalue weighted by molar-refractivity contribution is 0.588. The predicted octanol–water partition coefficient (Wildman–Crippen LogP) is 1.47. The van der Waals surface area contributed by atoms with E-state index < -0.39 is 10.0 Å². The normalized spacial score (nSPS) is 11.2. The van der Waals surface area contributed by atoms with Crippen molar-refractivity contribution >= 4 is 10.0 Å². The topological polar surface area (TPSA) is 74.9 Å². The van der Waals surface area contributed by atoms with Crippen molar-refractivity contribution in [1.82, 2.24) is 9.29 Å². The lowest BCUT2D eigenvalue weighted by Gasteiger charge is -2.06. The average molecular weight is 275 g/mol. The zero-order valence-corrected chi connectivity index (χ0v) is 11.4. The number of rotatable bonds is 3. The Morgan fingerprint density at radius 1 is 1.16 bits per heavy atom. The summed E-state index contributed by atoms with van der Waals surface area (Å²) in [6, 6.07) is 12.2. The summed E-state index contributed by atoms with van der Waals surface area (Å²) in [5.41, 5.74) is 2.28. The van der Waals surface area contributed by atoms with Crippen LogP contribution in [0.3, 0.4) is 0 Å². The van der Waals surface area contributed by atoms with Crippen LogP contribution in [0.5, 0.6) is 0 Å². The first-order chi connectivity index (χ1) is 8.99. The molecule has 1 aromatic carbocycles. The van der Waals surface area contributed by atoms with Crippen molar-refractivity contribution in [1.29, 1.82) is 5.26 Å². The molecule has 2 rings (SSSR count). The number of hydrogen-bond donors (Lipinski definition) is 1. The summed E-state index contributed by atoms with van der Waals surface area (Å²) in [4.78, 5) is 0.216. The minimum absolute atomic E-state index is 0.216. The van der Waals surface area contributed by atoms with Gasteiger partial charge in [-0.3, -0.25) is 0 Å². The van der Waals surface area contributed by atoms with Gasteiger partial charge in [0.2, 0.25) is 10.0 Å². The molecule has 6 heteroatoms. The number of sulfonamides is 1. The summed E-state index contributed by atoms with van der Waals surface area (Å²) >= 11 is 0. The molecule has 0 spiro atoms. The first kappa shape index (κ1) is 13.3. The average Bonchev–Trinajstić information content (AvgIpc) is 2.80. The van der Waals surface area contributed by atoms with E-state index in [2.05, 4.69) is 10.8 Å². The summed E-state index contributed by atoms with van der Waals surface area (Å²) in [6.45, 7) is 0. The van der Waals surface area contributed by atoms with Crippen molar-refractivity contribution in [2.75, 3.05) is 7.05 Å². The predicted molar refractivity (Wildman–Crippen MR) is 71.8 cm³/mol. The second-order valence-corrected chi connectivity index (χ2v) is 5.89. The Labute approximate surface area is 112 Å². The SMILES string of the molecule is CNS(=O)(=O)c1ccc(-c2ccc(C#N)n2C)cc1.